The molecule has 1 heterocycles. The SMILES string of the molecule is CC(=O)CC1CCC(c2ccc(-c3ccc4c(c3)OC(C)CN4C(=O)Nc3ccccc3C(F)(F)F)cc2)CC1. The second-order valence-corrected chi connectivity index (χ2v) is 10.9. The smallest absolute Gasteiger partial charge is 0.418 e. The van der Waals surface area contributed by atoms with Crippen LogP contribution in [0.5, 0.6) is 5.75 Å². The van der Waals surface area contributed by atoms with Crippen molar-refractivity contribution in [1.82, 2.24) is 0 Å². The second kappa shape index (κ2) is 11.4. The summed E-state index contributed by atoms with van der Waals surface area (Å²) in [7, 11) is 0. The number of hydrogen-bond donors (Lipinski definition) is 1. The Balaban J connectivity index is 1.31. The van der Waals surface area contributed by atoms with Crippen LogP contribution in [0.3, 0.4) is 0 Å². The molecule has 0 aromatic heterocycles. The molecular weight excluding hydrogens is 517 g/mol. The van der Waals surface area contributed by atoms with Gasteiger partial charge in [0.1, 0.15) is 17.6 Å². The molecular formula is C32H33F3N2O3. The summed E-state index contributed by atoms with van der Waals surface area (Å²) in [5.41, 5.74) is 2.55. The molecule has 0 saturated heterocycles. The zero-order valence-corrected chi connectivity index (χ0v) is 22.6. The van der Waals surface area contributed by atoms with E-state index in [0.717, 1.165) is 42.9 Å². The Morgan fingerprint density at radius 2 is 1.62 bits per heavy atom. The number of halogens is 3. The molecule has 5 nitrogen and oxygen atoms in total. The normalized spacial score (nSPS) is 20.8. The van der Waals surface area contributed by atoms with Crippen molar-refractivity contribution in [2.24, 2.45) is 5.92 Å². The number of para-hydroxylation sites is 1. The Hall–Kier alpha value is -3.81. The number of carbonyl (C=O) groups is 2. The number of Topliss-reactive ketones (excluding diaryl/α,β-unsaturated/α-hetero) is 1. The zero-order valence-electron chi connectivity index (χ0n) is 22.6. The van der Waals surface area contributed by atoms with Gasteiger partial charge in [0.2, 0.25) is 0 Å². The standard InChI is InChI=1S/C32H33F3N2O3/c1-20(38)17-22-7-9-23(10-8-22)24-11-13-25(14-12-24)26-15-16-29-30(18-26)40-21(2)19-37(29)31(39)36-28-6-4-3-5-27(28)32(33,34)35/h3-6,11-16,18,21-23H,7-10,17,19H2,1-2H3,(H,36,39). The number of alkyl halides is 3. The third-order valence-electron chi connectivity index (χ3n) is 7.88. The van der Waals surface area contributed by atoms with E-state index < -0.39 is 17.8 Å². The highest BCUT2D eigenvalue weighted by atomic mass is 19.4. The van der Waals surface area contributed by atoms with E-state index in [1.54, 1.807) is 13.0 Å². The number of anilines is 2. The van der Waals surface area contributed by atoms with Crippen molar-refractivity contribution in [3.05, 3.63) is 77.9 Å². The molecule has 2 amide bonds. The van der Waals surface area contributed by atoms with Crippen molar-refractivity contribution in [2.75, 3.05) is 16.8 Å². The largest absolute Gasteiger partial charge is 0.487 e. The van der Waals surface area contributed by atoms with Gasteiger partial charge < -0.3 is 14.8 Å². The van der Waals surface area contributed by atoms with E-state index in [-0.39, 0.29) is 24.1 Å². The topological polar surface area (TPSA) is 58.6 Å². The van der Waals surface area contributed by atoms with Crippen molar-refractivity contribution in [3.63, 3.8) is 0 Å². The fraction of sp³-hybridized carbons (Fsp3) is 0.375. The van der Waals surface area contributed by atoms with E-state index in [4.69, 9.17) is 4.74 Å². The summed E-state index contributed by atoms with van der Waals surface area (Å²) in [5, 5.41) is 2.44. The van der Waals surface area contributed by atoms with Gasteiger partial charge in [-0.1, -0.05) is 42.5 Å². The maximum atomic E-state index is 13.4. The number of rotatable bonds is 5. The molecule has 8 heteroatoms. The van der Waals surface area contributed by atoms with Crippen LogP contribution in [0.1, 0.15) is 63.0 Å². The maximum Gasteiger partial charge on any atom is 0.418 e. The van der Waals surface area contributed by atoms with Crippen LogP contribution in [-0.2, 0) is 11.0 Å². The minimum atomic E-state index is -4.58. The molecule has 0 radical (unpaired) electrons. The van der Waals surface area contributed by atoms with Crippen LogP contribution in [0.2, 0.25) is 0 Å². The van der Waals surface area contributed by atoms with Crippen LogP contribution >= 0.6 is 0 Å². The fourth-order valence-electron chi connectivity index (χ4n) is 5.89. The van der Waals surface area contributed by atoms with E-state index in [2.05, 4.69) is 29.6 Å². The van der Waals surface area contributed by atoms with E-state index in [9.17, 15) is 22.8 Å². The number of nitrogens with one attached hydrogen (secondary N) is 1. The van der Waals surface area contributed by atoms with Gasteiger partial charge in [-0.3, -0.25) is 4.90 Å². The molecule has 5 rings (SSSR count). The Morgan fingerprint density at radius 1 is 0.950 bits per heavy atom. The molecule has 1 unspecified atom stereocenters. The number of hydrogen-bond acceptors (Lipinski definition) is 3. The molecule has 3 aromatic rings. The molecule has 2 aliphatic rings. The number of amides is 2. The molecule has 0 bridgehead atoms. The molecule has 1 aliphatic carbocycles. The summed E-state index contributed by atoms with van der Waals surface area (Å²) < 4.78 is 46.4. The summed E-state index contributed by atoms with van der Waals surface area (Å²) in [6, 6.07) is 18.3. The number of fused-ring (bicyclic) bond motifs is 1. The van der Waals surface area contributed by atoms with Gasteiger partial charge in [0.15, 0.2) is 0 Å². The molecule has 0 spiro atoms. The van der Waals surface area contributed by atoms with Crippen LogP contribution in [0, 0.1) is 5.92 Å². The lowest BCUT2D eigenvalue weighted by molar-refractivity contribution is -0.136. The Kier molecular flexibility index (Phi) is 7.88. The van der Waals surface area contributed by atoms with Crippen molar-refractivity contribution < 1.29 is 27.5 Å². The monoisotopic (exact) mass is 550 g/mol. The molecule has 1 saturated carbocycles. The predicted molar refractivity (Wildman–Crippen MR) is 150 cm³/mol. The van der Waals surface area contributed by atoms with Gasteiger partial charge in [-0.05, 0) is 92.3 Å². The first-order valence-electron chi connectivity index (χ1n) is 13.7. The third kappa shape index (κ3) is 6.16. The van der Waals surface area contributed by atoms with Gasteiger partial charge in [0.05, 0.1) is 23.5 Å². The van der Waals surface area contributed by atoms with Crippen molar-refractivity contribution in [3.8, 4) is 16.9 Å². The molecule has 1 atom stereocenters. The number of ketones is 1. The fourth-order valence-corrected chi connectivity index (χ4v) is 5.89. The van der Waals surface area contributed by atoms with E-state index >= 15 is 0 Å². The quantitative estimate of drug-likeness (QED) is 0.347. The summed E-state index contributed by atoms with van der Waals surface area (Å²) in [6.45, 7) is 3.69. The predicted octanol–water partition coefficient (Wildman–Crippen LogP) is 8.44. The Morgan fingerprint density at radius 3 is 2.30 bits per heavy atom. The van der Waals surface area contributed by atoms with E-state index in [0.29, 0.717) is 29.7 Å². The Bertz CT molecular complexity index is 1380. The Labute approximate surface area is 232 Å². The van der Waals surface area contributed by atoms with Crippen LogP contribution in [0.15, 0.2) is 66.7 Å². The number of nitrogens with zero attached hydrogens (tertiary/aromatic N) is 1. The van der Waals surface area contributed by atoms with Crippen molar-refractivity contribution in [2.45, 2.75) is 64.1 Å². The van der Waals surface area contributed by atoms with Gasteiger partial charge >= 0.3 is 12.2 Å². The first-order chi connectivity index (χ1) is 19.1. The summed E-state index contributed by atoms with van der Waals surface area (Å²) in [6.07, 6.45) is 0.104. The second-order valence-electron chi connectivity index (χ2n) is 10.9. The van der Waals surface area contributed by atoms with E-state index in [1.165, 1.54) is 28.7 Å². The van der Waals surface area contributed by atoms with Crippen LogP contribution in [-0.4, -0.2) is 24.5 Å². The molecule has 3 aromatic carbocycles. The molecule has 1 aliphatic heterocycles. The van der Waals surface area contributed by atoms with Gasteiger partial charge in [0.25, 0.3) is 0 Å². The first kappa shape index (κ1) is 27.7. The lowest BCUT2D eigenvalue weighted by atomic mass is 9.77. The maximum absolute atomic E-state index is 13.4. The summed E-state index contributed by atoms with van der Waals surface area (Å²) in [4.78, 5) is 26.0. The van der Waals surface area contributed by atoms with Crippen LogP contribution in [0.25, 0.3) is 11.1 Å². The highest BCUT2D eigenvalue weighted by Crippen LogP contribution is 2.40. The number of carbonyl (C=O) groups excluding carboxylic acids is 2. The lowest BCUT2D eigenvalue weighted by Crippen LogP contribution is -2.44. The summed E-state index contributed by atoms with van der Waals surface area (Å²) >= 11 is 0. The lowest BCUT2D eigenvalue weighted by Gasteiger charge is -2.34. The third-order valence-corrected chi connectivity index (χ3v) is 7.88. The van der Waals surface area contributed by atoms with Crippen LogP contribution < -0.4 is 15.0 Å². The first-order valence-corrected chi connectivity index (χ1v) is 13.7. The number of benzene rings is 3. The highest BCUT2D eigenvalue weighted by Gasteiger charge is 2.35. The molecule has 40 heavy (non-hydrogen) atoms. The average Bonchev–Trinajstić information content (AvgIpc) is 2.92. The van der Waals surface area contributed by atoms with Gasteiger partial charge in [0, 0.05) is 6.42 Å². The van der Waals surface area contributed by atoms with Crippen molar-refractivity contribution in [1.29, 1.82) is 0 Å². The number of urea groups is 1. The van der Waals surface area contributed by atoms with Gasteiger partial charge in [-0.2, -0.15) is 13.2 Å². The minimum Gasteiger partial charge on any atom is -0.487 e. The van der Waals surface area contributed by atoms with Crippen LogP contribution in [0.4, 0.5) is 29.3 Å². The zero-order chi connectivity index (χ0) is 28.4. The van der Waals surface area contributed by atoms with Crippen molar-refractivity contribution >= 4 is 23.2 Å². The van der Waals surface area contributed by atoms with Gasteiger partial charge in [-0.15, -0.1) is 0 Å². The number of ether oxygens (including phenoxy) is 1. The average molecular weight is 551 g/mol. The molecule has 1 fully saturated rings. The summed E-state index contributed by atoms with van der Waals surface area (Å²) in [5.74, 6) is 1.78. The minimum absolute atomic E-state index is 0.204. The van der Waals surface area contributed by atoms with Gasteiger partial charge in [-0.25, -0.2) is 4.79 Å². The molecule has 210 valence electrons. The van der Waals surface area contributed by atoms with E-state index in [1.807, 2.05) is 19.1 Å². The highest BCUT2D eigenvalue weighted by molar-refractivity contribution is 6.03. The molecule has 1 N–H and O–H groups in total.